The van der Waals surface area contributed by atoms with Crippen LogP contribution in [0.3, 0.4) is 0 Å². The van der Waals surface area contributed by atoms with Gasteiger partial charge >= 0.3 is 11.6 Å². The lowest BCUT2D eigenvalue weighted by molar-refractivity contribution is 0.0727. The van der Waals surface area contributed by atoms with Crippen LogP contribution in [0, 0.1) is 0 Å². The molecule has 9 heteroatoms. The molecule has 0 bridgehead atoms. The molecule has 4 rings (SSSR count). The molecule has 1 aromatic heterocycles. The highest BCUT2D eigenvalue weighted by Gasteiger charge is 2.22. The predicted molar refractivity (Wildman–Crippen MR) is 118 cm³/mol. The zero-order chi connectivity index (χ0) is 23.4. The molecule has 1 fully saturated rings. The Morgan fingerprint density at radius 3 is 2.52 bits per heavy atom. The van der Waals surface area contributed by atoms with E-state index in [0.717, 1.165) is 12.8 Å². The smallest absolute Gasteiger partial charge is 0.351 e. The molecule has 0 spiro atoms. The van der Waals surface area contributed by atoms with Gasteiger partial charge in [0.2, 0.25) is 0 Å². The molecule has 1 unspecified atom stereocenters. The van der Waals surface area contributed by atoms with E-state index in [1.807, 2.05) is 0 Å². The van der Waals surface area contributed by atoms with Crippen molar-refractivity contribution < 1.29 is 33.0 Å². The van der Waals surface area contributed by atoms with Crippen LogP contribution in [-0.2, 0) is 4.74 Å². The molecular weight excluding hydrogens is 430 g/mol. The van der Waals surface area contributed by atoms with E-state index in [2.05, 4.69) is 5.32 Å². The van der Waals surface area contributed by atoms with Gasteiger partial charge in [-0.25, -0.2) is 9.59 Å². The summed E-state index contributed by atoms with van der Waals surface area (Å²) >= 11 is 0. The number of carbonyl (C=O) groups is 2. The van der Waals surface area contributed by atoms with Crippen LogP contribution in [0.15, 0.2) is 51.7 Å². The molecule has 1 atom stereocenters. The van der Waals surface area contributed by atoms with E-state index in [0.29, 0.717) is 30.0 Å². The molecule has 2 aromatic carbocycles. The van der Waals surface area contributed by atoms with E-state index in [1.54, 1.807) is 24.3 Å². The van der Waals surface area contributed by atoms with Crippen molar-refractivity contribution in [1.29, 1.82) is 0 Å². The molecule has 9 nitrogen and oxygen atoms in total. The molecule has 0 aliphatic carbocycles. The molecule has 172 valence electrons. The first-order chi connectivity index (χ1) is 16.0. The molecule has 1 N–H and O–H groups in total. The number of hydrogen-bond acceptors (Lipinski definition) is 8. The molecule has 33 heavy (non-hydrogen) atoms. The number of ether oxygens (including phenoxy) is 4. The van der Waals surface area contributed by atoms with Gasteiger partial charge in [-0.15, -0.1) is 0 Å². The van der Waals surface area contributed by atoms with Crippen molar-refractivity contribution in [2.24, 2.45) is 0 Å². The van der Waals surface area contributed by atoms with Gasteiger partial charge in [0.15, 0.2) is 0 Å². The molecule has 1 amide bonds. The van der Waals surface area contributed by atoms with E-state index in [4.69, 9.17) is 23.4 Å². The quantitative estimate of drug-likeness (QED) is 0.330. The van der Waals surface area contributed by atoms with Crippen molar-refractivity contribution >= 4 is 22.8 Å². The monoisotopic (exact) mass is 453 g/mol. The molecule has 2 heterocycles. The fraction of sp³-hybridized carbons (Fsp3) is 0.292. The SMILES string of the molecule is COc1cccc(OC)c1C(=O)Oc1ccc2cc(C(=O)NCC3CCCO3)c(=O)oc2c1. The number of benzene rings is 2. The number of methoxy groups -OCH3 is 2. The number of nitrogens with one attached hydrogen (secondary N) is 1. The topological polar surface area (TPSA) is 113 Å². The summed E-state index contributed by atoms with van der Waals surface area (Å²) in [6.45, 7) is 1.01. The van der Waals surface area contributed by atoms with Gasteiger partial charge in [0.05, 0.1) is 20.3 Å². The van der Waals surface area contributed by atoms with Crippen LogP contribution in [0.2, 0.25) is 0 Å². The first kappa shape index (κ1) is 22.3. The van der Waals surface area contributed by atoms with Crippen LogP contribution >= 0.6 is 0 Å². The maximum Gasteiger partial charge on any atom is 0.351 e. The Morgan fingerprint density at radius 2 is 1.85 bits per heavy atom. The number of hydrogen-bond donors (Lipinski definition) is 1. The summed E-state index contributed by atoms with van der Waals surface area (Å²) in [7, 11) is 2.87. The summed E-state index contributed by atoms with van der Waals surface area (Å²) in [5.74, 6) is -0.481. The second-order valence-electron chi connectivity index (χ2n) is 7.42. The Morgan fingerprint density at radius 1 is 1.09 bits per heavy atom. The fourth-order valence-electron chi connectivity index (χ4n) is 3.63. The first-order valence-electron chi connectivity index (χ1n) is 10.4. The summed E-state index contributed by atoms with van der Waals surface area (Å²) < 4.78 is 26.7. The Bertz CT molecular complexity index is 1220. The van der Waals surface area contributed by atoms with E-state index < -0.39 is 17.5 Å². The lowest BCUT2D eigenvalue weighted by atomic mass is 10.1. The van der Waals surface area contributed by atoms with Crippen molar-refractivity contribution in [3.8, 4) is 17.2 Å². The fourth-order valence-corrected chi connectivity index (χ4v) is 3.63. The van der Waals surface area contributed by atoms with Crippen LogP contribution < -0.4 is 25.2 Å². The minimum Gasteiger partial charge on any atom is -0.496 e. The molecule has 1 aliphatic heterocycles. The van der Waals surface area contributed by atoms with Crippen molar-refractivity contribution in [3.05, 3.63) is 64.0 Å². The Hall–Kier alpha value is -3.85. The zero-order valence-corrected chi connectivity index (χ0v) is 18.2. The average molecular weight is 453 g/mol. The normalized spacial score (nSPS) is 15.3. The van der Waals surface area contributed by atoms with Crippen molar-refractivity contribution in [3.63, 3.8) is 0 Å². The molecule has 0 radical (unpaired) electrons. The van der Waals surface area contributed by atoms with Crippen LogP contribution in [0.25, 0.3) is 11.0 Å². The summed E-state index contributed by atoms with van der Waals surface area (Å²) in [6.07, 6.45) is 1.78. The maximum atomic E-state index is 12.8. The van der Waals surface area contributed by atoms with Gasteiger partial charge in [-0.2, -0.15) is 0 Å². The van der Waals surface area contributed by atoms with Crippen LogP contribution in [0.5, 0.6) is 17.2 Å². The average Bonchev–Trinajstić information content (AvgIpc) is 3.35. The second kappa shape index (κ2) is 9.74. The zero-order valence-electron chi connectivity index (χ0n) is 18.2. The summed E-state index contributed by atoms with van der Waals surface area (Å²) in [6, 6.07) is 10.9. The highest BCUT2D eigenvalue weighted by atomic mass is 16.5. The van der Waals surface area contributed by atoms with Gasteiger partial charge in [0.25, 0.3) is 5.91 Å². The van der Waals surface area contributed by atoms with Crippen molar-refractivity contribution in [2.45, 2.75) is 18.9 Å². The van der Waals surface area contributed by atoms with Gasteiger partial charge < -0.3 is 28.7 Å². The van der Waals surface area contributed by atoms with E-state index in [-0.39, 0.29) is 28.6 Å². The second-order valence-corrected chi connectivity index (χ2v) is 7.42. The largest absolute Gasteiger partial charge is 0.496 e. The molecule has 1 saturated heterocycles. The highest BCUT2D eigenvalue weighted by molar-refractivity contribution is 5.98. The molecule has 1 aliphatic rings. The van der Waals surface area contributed by atoms with E-state index in [1.165, 1.54) is 32.4 Å². The van der Waals surface area contributed by atoms with E-state index in [9.17, 15) is 14.4 Å². The molecule has 0 saturated carbocycles. The predicted octanol–water partition coefficient (Wildman–Crippen LogP) is 2.94. The third-order valence-electron chi connectivity index (χ3n) is 5.31. The molecular formula is C24H23NO8. The number of fused-ring (bicyclic) bond motifs is 1. The van der Waals surface area contributed by atoms with Crippen molar-refractivity contribution in [1.82, 2.24) is 5.32 Å². The van der Waals surface area contributed by atoms with Gasteiger partial charge in [0.1, 0.15) is 34.0 Å². The minimum absolute atomic E-state index is 0.0412. The third kappa shape index (κ3) is 4.83. The maximum absolute atomic E-state index is 12.8. The number of amides is 1. The molecule has 3 aromatic rings. The standard InChI is InChI=1S/C24H23NO8/c1-29-18-6-3-7-19(30-2)21(18)24(28)32-15-9-8-14-11-17(23(27)33-20(14)12-15)22(26)25-13-16-5-4-10-31-16/h3,6-9,11-12,16H,4-5,10,13H2,1-2H3,(H,25,26). The Labute approximate surface area is 189 Å². The van der Waals surface area contributed by atoms with Crippen LogP contribution in [-0.4, -0.2) is 45.4 Å². The first-order valence-corrected chi connectivity index (χ1v) is 10.4. The summed E-state index contributed by atoms with van der Waals surface area (Å²) in [4.78, 5) is 37.6. The number of carbonyl (C=O) groups excluding carboxylic acids is 2. The van der Waals surface area contributed by atoms with Crippen LogP contribution in [0.4, 0.5) is 0 Å². The van der Waals surface area contributed by atoms with Gasteiger partial charge in [0, 0.05) is 24.6 Å². The summed E-state index contributed by atoms with van der Waals surface area (Å²) in [5, 5.41) is 3.21. The minimum atomic E-state index is -0.790. The van der Waals surface area contributed by atoms with Gasteiger partial charge in [-0.05, 0) is 43.2 Å². The van der Waals surface area contributed by atoms with Crippen LogP contribution in [0.1, 0.15) is 33.6 Å². The Balaban J connectivity index is 1.54. The lowest BCUT2D eigenvalue weighted by Gasteiger charge is -2.12. The van der Waals surface area contributed by atoms with Gasteiger partial charge in [-0.3, -0.25) is 4.79 Å². The third-order valence-corrected chi connectivity index (χ3v) is 5.31. The Kier molecular flexibility index (Phi) is 6.60. The van der Waals surface area contributed by atoms with Gasteiger partial charge in [-0.1, -0.05) is 6.07 Å². The van der Waals surface area contributed by atoms with E-state index >= 15 is 0 Å². The summed E-state index contributed by atoms with van der Waals surface area (Å²) in [5.41, 5.74) is -0.596. The highest BCUT2D eigenvalue weighted by Crippen LogP contribution is 2.30. The number of rotatable bonds is 7. The van der Waals surface area contributed by atoms with Crippen molar-refractivity contribution in [2.75, 3.05) is 27.4 Å². The lowest BCUT2D eigenvalue weighted by Crippen LogP contribution is -2.34. The number of esters is 1.